The van der Waals surface area contributed by atoms with Crippen molar-refractivity contribution in [3.8, 4) is 0 Å². The van der Waals surface area contributed by atoms with Crippen LogP contribution in [0.5, 0.6) is 0 Å². The molecule has 0 radical (unpaired) electrons. The Morgan fingerprint density at radius 1 is 0.237 bits per heavy atom. The molecule has 0 N–H and O–H groups in total. The van der Waals surface area contributed by atoms with E-state index in [2.05, 4.69) is 76.2 Å². The summed E-state index contributed by atoms with van der Waals surface area (Å²) in [5.74, 6) is 2.86. The van der Waals surface area contributed by atoms with Crippen molar-refractivity contribution in [2.45, 2.75) is 252 Å². The summed E-state index contributed by atoms with van der Waals surface area (Å²) in [6.07, 6.45) is 25.8. The van der Waals surface area contributed by atoms with Gasteiger partial charge in [-0.05, 0) is 184 Å². The Morgan fingerprint density at radius 2 is 0.408 bits per heavy atom. The summed E-state index contributed by atoms with van der Waals surface area (Å²) in [6.45, 7) is 9.48. The molecule has 4 nitrogen and oxygen atoms in total. The number of benzene rings is 6. The number of unbranched alkanes of at least 4 members (excludes halogenated alkanes) is 12. The minimum Gasteiger partial charge on any atom is -0.364 e. The van der Waals surface area contributed by atoms with E-state index in [-0.39, 0.29) is 48.8 Å². The summed E-state index contributed by atoms with van der Waals surface area (Å²) >= 11 is 0. The monoisotopic (exact) mass is 1000 g/mol. The van der Waals surface area contributed by atoms with Crippen LogP contribution < -0.4 is 0 Å². The van der Waals surface area contributed by atoms with Gasteiger partial charge in [-0.1, -0.05) is 153 Å². The van der Waals surface area contributed by atoms with E-state index in [4.69, 9.17) is 18.9 Å². The minimum atomic E-state index is 0.0961. The first-order valence-electron chi connectivity index (χ1n) is 31.9. The molecule has 18 rings (SSSR count). The van der Waals surface area contributed by atoms with Crippen molar-refractivity contribution in [3.05, 3.63) is 160 Å². The van der Waals surface area contributed by atoms with Gasteiger partial charge in [0.25, 0.3) is 0 Å². The van der Waals surface area contributed by atoms with Gasteiger partial charge in [0.05, 0.1) is 48.8 Å². The van der Waals surface area contributed by atoms with Gasteiger partial charge in [-0.2, -0.15) is 0 Å². The van der Waals surface area contributed by atoms with Crippen LogP contribution in [0, 0.1) is 0 Å². The molecular formula is C72H76O4. The first-order valence-corrected chi connectivity index (χ1v) is 31.9. The summed E-state index contributed by atoms with van der Waals surface area (Å²) in [6, 6.07) is 21.2. The number of fused-ring (bicyclic) bond motifs is 40. The van der Waals surface area contributed by atoms with Crippen molar-refractivity contribution in [1.82, 2.24) is 0 Å². The largest absolute Gasteiger partial charge is 0.364 e. The molecule has 16 atom stereocenters. The first-order chi connectivity index (χ1) is 37.7. The van der Waals surface area contributed by atoms with E-state index < -0.39 is 0 Å². The van der Waals surface area contributed by atoms with Crippen LogP contribution in [0.1, 0.15) is 338 Å². The van der Waals surface area contributed by atoms with E-state index in [9.17, 15) is 0 Å². The zero-order valence-electron chi connectivity index (χ0n) is 45.6. The quantitative estimate of drug-likeness (QED) is 0.0714. The second-order valence-electron chi connectivity index (χ2n) is 27.1. The molecule has 0 saturated carbocycles. The average molecular weight is 1010 g/mol. The molecule has 6 aromatic carbocycles. The maximum Gasteiger partial charge on any atom is 0.0915 e. The number of rotatable bonds is 20. The zero-order valence-corrected chi connectivity index (χ0v) is 45.6. The van der Waals surface area contributed by atoms with E-state index in [1.54, 1.807) is 133 Å². The Labute approximate surface area is 450 Å². The molecule has 12 aliphatic rings. The summed E-state index contributed by atoms with van der Waals surface area (Å²) in [7, 11) is 0. The lowest BCUT2D eigenvalue weighted by atomic mass is 9.64. The summed E-state index contributed by atoms with van der Waals surface area (Å²) < 4.78 is 31.1. The lowest BCUT2D eigenvalue weighted by Gasteiger charge is -2.36. The van der Waals surface area contributed by atoms with Crippen molar-refractivity contribution < 1.29 is 18.9 Å². The van der Waals surface area contributed by atoms with Crippen molar-refractivity contribution >= 4 is 21.5 Å². The first kappa shape index (κ1) is 44.5. The highest BCUT2D eigenvalue weighted by molar-refractivity contribution is 6.02. The highest BCUT2D eigenvalue weighted by Crippen LogP contribution is 2.80. The maximum absolute atomic E-state index is 7.76. The number of ether oxygens (including phenoxy) is 4. The van der Waals surface area contributed by atoms with Crippen molar-refractivity contribution in [2.75, 3.05) is 0 Å². The Morgan fingerprint density at radius 3 is 0.566 bits per heavy atom. The lowest BCUT2D eigenvalue weighted by molar-refractivity contribution is 0.0581. The molecule has 4 saturated heterocycles. The SMILES string of the molecule is CCCCCCc1c2c3c(CCCCCC)c4c1[C@@H]1O[C@H]4[C@H]4c5ccc6c7c(ccc(c57)[C@H]41)[C@@H]1[C@H]6[C@H]4O[C@@H]1c1c(CCCCCC)c5c(c(CCCCCC)c14)[C@H]1O[C@@H]5[C@@H]4c5ccc6c7c(ccc(c57)[C@@H]41)[C@H]1[C@@H]6[C@@H]2O[C@@H]31. The van der Waals surface area contributed by atoms with Gasteiger partial charge in [-0.15, -0.1) is 0 Å². The normalized spacial score (nSPS) is 33.8. The van der Waals surface area contributed by atoms with E-state index in [1.807, 2.05) is 0 Å². The van der Waals surface area contributed by atoms with Crippen LogP contribution in [0.4, 0.5) is 0 Å². The standard InChI is InChI=1S/C72H76O4/c1-5-9-13-17-21-33-49-51-34(22-18-14-10-6-2)52-50(33)66-58-38-26-28-42-48-44(32-30-40(46(38)48)60(58)68(52)74-66)64-62(42)70-54-35(23-19-15-11-7-3)53-55(36(24-20-16-12-8-4)56(54)72(64)76-70)71-63-43-31-29-39-45-37(57-59(39)67(51)73-65(49)57)25-27-41(47(43)45)61(63)69(53)75-71/h25-32,57-72H,5-24H2,1-4H3/t57-,58-,59+,60+,61-,62-,63+,64+,65-,66+,67+,68-,69+,70-,71-,72+. The molecule has 0 amide bonds. The third kappa shape index (κ3) is 5.03. The topological polar surface area (TPSA) is 36.9 Å². The van der Waals surface area contributed by atoms with Crippen molar-refractivity contribution in [1.29, 1.82) is 0 Å². The van der Waals surface area contributed by atoms with E-state index in [1.165, 1.54) is 103 Å². The Kier molecular flexibility index (Phi) is 9.22. The van der Waals surface area contributed by atoms with Crippen molar-refractivity contribution in [2.24, 2.45) is 0 Å². The number of hydrogen-bond acceptors (Lipinski definition) is 4. The summed E-state index contributed by atoms with van der Waals surface area (Å²) in [5, 5.41) is 6.50. The fourth-order valence-electron chi connectivity index (χ4n) is 21.5. The fourth-order valence-corrected chi connectivity index (χ4v) is 21.5. The summed E-state index contributed by atoms with van der Waals surface area (Å²) in [4.78, 5) is 0. The van der Waals surface area contributed by atoms with Gasteiger partial charge in [0.2, 0.25) is 0 Å². The van der Waals surface area contributed by atoms with Crippen LogP contribution in [0.2, 0.25) is 0 Å². The predicted octanol–water partition coefficient (Wildman–Crippen LogP) is 18.8. The van der Waals surface area contributed by atoms with Crippen LogP contribution in [-0.4, -0.2) is 0 Å². The Hall–Kier alpha value is -4.32. The van der Waals surface area contributed by atoms with Crippen LogP contribution in [0.15, 0.2) is 48.5 Å². The van der Waals surface area contributed by atoms with E-state index in [0.717, 1.165) is 25.7 Å². The average Bonchev–Trinajstić information content (AvgIpc) is 4.43. The molecule has 0 unspecified atom stereocenters. The van der Waals surface area contributed by atoms with Gasteiger partial charge in [0.15, 0.2) is 0 Å². The predicted molar refractivity (Wildman–Crippen MR) is 300 cm³/mol. The van der Waals surface area contributed by atoms with Crippen LogP contribution in [-0.2, 0) is 44.6 Å². The highest BCUT2D eigenvalue weighted by Gasteiger charge is 2.67. The molecule has 0 aromatic heterocycles. The van der Waals surface area contributed by atoms with Crippen molar-refractivity contribution in [3.63, 3.8) is 0 Å². The number of hydrogen-bond donors (Lipinski definition) is 0. The molecule has 6 aromatic rings. The second kappa shape index (κ2) is 15.7. The molecule has 8 heterocycles. The van der Waals surface area contributed by atoms with Crippen LogP contribution in [0.25, 0.3) is 21.5 Å². The lowest BCUT2D eigenvalue weighted by Crippen LogP contribution is -2.25. The van der Waals surface area contributed by atoms with Gasteiger partial charge in [-0.3, -0.25) is 0 Å². The Bertz CT molecular complexity index is 2940. The molecular weight excluding hydrogens is 929 g/mol. The fraction of sp³-hybridized carbons (Fsp3) is 0.556. The Balaban J connectivity index is 0.888. The molecule has 8 aliphatic heterocycles. The van der Waals surface area contributed by atoms with Crippen LogP contribution >= 0.6 is 0 Å². The van der Waals surface area contributed by atoms with Gasteiger partial charge in [-0.25, -0.2) is 0 Å². The van der Waals surface area contributed by atoms with Crippen LogP contribution in [0.3, 0.4) is 0 Å². The zero-order chi connectivity index (χ0) is 49.7. The van der Waals surface area contributed by atoms with Gasteiger partial charge in [0.1, 0.15) is 0 Å². The van der Waals surface area contributed by atoms with Gasteiger partial charge >= 0.3 is 0 Å². The van der Waals surface area contributed by atoms with E-state index in [0.29, 0.717) is 47.3 Å². The maximum atomic E-state index is 7.76. The summed E-state index contributed by atoms with van der Waals surface area (Å²) in [5.41, 5.74) is 32.5. The van der Waals surface area contributed by atoms with E-state index >= 15 is 0 Å². The minimum absolute atomic E-state index is 0.0961. The molecule has 0 spiro atoms. The molecule has 388 valence electrons. The molecule has 4 aliphatic carbocycles. The molecule has 76 heavy (non-hydrogen) atoms. The molecule has 4 heteroatoms. The highest BCUT2D eigenvalue weighted by atomic mass is 16.5. The molecule has 8 bridgehead atoms. The second-order valence-corrected chi connectivity index (χ2v) is 27.1. The van der Waals surface area contributed by atoms with Gasteiger partial charge < -0.3 is 18.9 Å². The third-order valence-electron chi connectivity index (χ3n) is 23.9. The smallest absolute Gasteiger partial charge is 0.0915 e. The molecule has 4 fully saturated rings. The third-order valence-corrected chi connectivity index (χ3v) is 23.9. The van der Waals surface area contributed by atoms with Gasteiger partial charge in [0, 0.05) is 47.3 Å².